The number of carbonyl (C=O) groups excluding carboxylic acids is 2. The molecule has 6 nitrogen and oxygen atoms in total. The summed E-state index contributed by atoms with van der Waals surface area (Å²) in [6.07, 6.45) is 0.693. The van der Waals surface area contributed by atoms with Gasteiger partial charge in [-0.25, -0.2) is 0 Å². The van der Waals surface area contributed by atoms with Gasteiger partial charge in [-0.15, -0.1) is 0 Å². The molecule has 4 N–H and O–H groups in total. The van der Waals surface area contributed by atoms with E-state index in [4.69, 9.17) is 0 Å². The fourth-order valence-corrected chi connectivity index (χ4v) is 2.48. The monoisotopic (exact) mass is 317 g/mol. The lowest BCUT2D eigenvalue weighted by Crippen LogP contribution is -2.44. The lowest BCUT2D eigenvalue weighted by molar-refractivity contribution is -0.121. The molecule has 2 amide bonds. The lowest BCUT2D eigenvalue weighted by atomic mass is 10.0. The Hall–Kier alpha value is -2.34. The number of hydrogen-bond acceptors (Lipinski definition) is 3. The molecular formula is C17H23N3O3. The Morgan fingerprint density at radius 3 is 2.65 bits per heavy atom. The molecule has 124 valence electrons. The van der Waals surface area contributed by atoms with Gasteiger partial charge in [-0.3, -0.25) is 9.59 Å². The van der Waals surface area contributed by atoms with Gasteiger partial charge in [0.2, 0.25) is 5.91 Å². The lowest BCUT2D eigenvalue weighted by Gasteiger charge is -2.18. The highest BCUT2D eigenvalue weighted by molar-refractivity contribution is 5.99. The number of fused-ring (bicyclic) bond motifs is 1. The second kappa shape index (κ2) is 7.78. The van der Waals surface area contributed by atoms with Crippen LogP contribution in [0.25, 0.3) is 10.9 Å². The minimum absolute atomic E-state index is 0.111. The third-order valence-electron chi connectivity index (χ3n) is 3.53. The summed E-state index contributed by atoms with van der Waals surface area (Å²) in [5, 5.41) is 15.5. The summed E-state index contributed by atoms with van der Waals surface area (Å²) in [6.45, 7) is 3.81. The summed E-state index contributed by atoms with van der Waals surface area (Å²) in [7, 11) is 0. The number of rotatable bonds is 7. The Morgan fingerprint density at radius 2 is 2.00 bits per heavy atom. The van der Waals surface area contributed by atoms with Crippen LogP contribution in [0.3, 0.4) is 0 Å². The quantitative estimate of drug-likeness (QED) is 0.622. The Morgan fingerprint density at radius 1 is 1.26 bits per heavy atom. The fraction of sp³-hybridized carbons (Fsp3) is 0.412. The summed E-state index contributed by atoms with van der Waals surface area (Å²) in [4.78, 5) is 26.9. The molecule has 1 unspecified atom stereocenters. The minimum Gasteiger partial charge on any atom is -0.394 e. The van der Waals surface area contributed by atoms with Crippen LogP contribution >= 0.6 is 0 Å². The van der Waals surface area contributed by atoms with Gasteiger partial charge in [0.1, 0.15) is 5.69 Å². The molecule has 1 atom stereocenters. The van der Waals surface area contributed by atoms with Crippen LogP contribution in [0.15, 0.2) is 30.3 Å². The SMILES string of the molecule is CC(C)CC(CO)NC(=O)CNC(=O)c1cc2ccccc2[nH]1. The number of carbonyl (C=O) groups is 2. The predicted molar refractivity (Wildman–Crippen MR) is 89.1 cm³/mol. The summed E-state index contributed by atoms with van der Waals surface area (Å²) in [5.74, 6) is -0.275. The summed E-state index contributed by atoms with van der Waals surface area (Å²) in [6, 6.07) is 9.04. The molecule has 1 aromatic carbocycles. The summed E-state index contributed by atoms with van der Waals surface area (Å²) < 4.78 is 0. The van der Waals surface area contributed by atoms with E-state index >= 15 is 0 Å². The molecule has 2 aromatic rings. The van der Waals surface area contributed by atoms with Crippen LogP contribution in [0.2, 0.25) is 0 Å². The van der Waals surface area contributed by atoms with Gasteiger partial charge in [0.15, 0.2) is 0 Å². The molecular weight excluding hydrogens is 294 g/mol. The average Bonchev–Trinajstić information content (AvgIpc) is 2.95. The Kier molecular flexibility index (Phi) is 5.76. The molecule has 0 radical (unpaired) electrons. The van der Waals surface area contributed by atoms with Crippen LogP contribution in [-0.2, 0) is 4.79 Å². The maximum atomic E-state index is 12.1. The van der Waals surface area contributed by atoms with Crippen molar-refractivity contribution in [2.24, 2.45) is 5.92 Å². The average molecular weight is 317 g/mol. The van der Waals surface area contributed by atoms with Crippen molar-refractivity contribution < 1.29 is 14.7 Å². The number of hydrogen-bond donors (Lipinski definition) is 4. The van der Waals surface area contributed by atoms with E-state index in [0.717, 1.165) is 10.9 Å². The number of H-pyrrole nitrogens is 1. The van der Waals surface area contributed by atoms with Gasteiger partial charge >= 0.3 is 0 Å². The first kappa shape index (κ1) is 17.0. The van der Waals surface area contributed by atoms with Crippen LogP contribution in [0, 0.1) is 5.92 Å². The van der Waals surface area contributed by atoms with Crippen molar-refractivity contribution in [2.75, 3.05) is 13.2 Å². The van der Waals surface area contributed by atoms with E-state index in [0.29, 0.717) is 18.0 Å². The van der Waals surface area contributed by atoms with Crippen molar-refractivity contribution in [2.45, 2.75) is 26.3 Å². The maximum absolute atomic E-state index is 12.1. The zero-order valence-corrected chi connectivity index (χ0v) is 13.4. The zero-order chi connectivity index (χ0) is 16.8. The van der Waals surface area contributed by atoms with E-state index in [-0.39, 0.29) is 31.0 Å². The molecule has 0 spiro atoms. The minimum atomic E-state index is -0.333. The molecule has 1 aromatic heterocycles. The Bertz CT molecular complexity index is 646. The first-order valence-corrected chi connectivity index (χ1v) is 7.75. The standard InChI is InChI=1S/C17H23N3O3/c1-11(2)7-13(10-21)19-16(22)9-18-17(23)15-8-12-5-3-4-6-14(12)20-15/h3-6,8,11,13,20-21H,7,9-10H2,1-2H3,(H,18,23)(H,19,22). The molecule has 6 heteroatoms. The van der Waals surface area contributed by atoms with Crippen molar-refractivity contribution >= 4 is 22.7 Å². The van der Waals surface area contributed by atoms with Crippen LogP contribution < -0.4 is 10.6 Å². The number of aliphatic hydroxyl groups is 1. The highest BCUT2D eigenvalue weighted by atomic mass is 16.3. The van der Waals surface area contributed by atoms with E-state index in [1.54, 1.807) is 6.07 Å². The van der Waals surface area contributed by atoms with Crippen molar-refractivity contribution in [3.05, 3.63) is 36.0 Å². The van der Waals surface area contributed by atoms with Gasteiger partial charge in [-0.2, -0.15) is 0 Å². The molecule has 0 fully saturated rings. The van der Waals surface area contributed by atoms with Gasteiger partial charge in [0.05, 0.1) is 19.2 Å². The van der Waals surface area contributed by atoms with Crippen LogP contribution in [0.4, 0.5) is 0 Å². The zero-order valence-electron chi connectivity index (χ0n) is 13.4. The number of aromatic nitrogens is 1. The topological polar surface area (TPSA) is 94.2 Å². The number of benzene rings is 1. The van der Waals surface area contributed by atoms with E-state index in [2.05, 4.69) is 15.6 Å². The number of aromatic amines is 1. The molecule has 1 heterocycles. The largest absolute Gasteiger partial charge is 0.394 e. The van der Waals surface area contributed by atoms with Crippen molar-refractivity contribution in [3.63, 3.8) is 0 Å². The van der Waals surface area contributed by atoms with E-state index < -0.39 is 0 Å². The number of amides is 2. The number of nitrogens with one attached hydrogen (secondary N) is 3. The molecule has 0 aliphatic carbocycles. The molecule has 23 heavy (non-hydrogen) atoms. The normalized spacial score (nSPS) is 12.3. The van der Waals surface area contributed by atoms with Crippen LogP contribution in [0.1, 0.15) is 30.8 Å². The smallest absolute Gasteiger partial charge is 0.268 e. The third-order valence-corrected chi connectivity index (χ3v) is 3.53. The molecule has 0 saturated carbocycles. The van der Waals surface area contributed by atoms with Gasteiger partial charge in [0, 0.05) is 10.9 Å². The van der Waals surface area contributed by atoms with Crippen LogP contribution in [-0.4, -0.2) is 41.1 Å². The predicted octanol–water partition coefficient (Wildman–Crippen LogP) is 1.42. The van der Waals surface area contributed by atoms with Gasteiger partial charge in [-0.05, 0) is 24.5 Å². The Balaban J connectivity index is 1.87. The first-order chi connectivity index (χ1) is 11.0. The highest BCUT2D eigenvalue weighted by Gasteiger charge is 2.15. The van der Waals surface area contributed by atoms with E-state index in [1.807, 2.05) is 38.1 Å². The van der Waals surface area contributed by atoms with Crippen molar-refractivity contribution in [3.8, 4) is 0 Å². The molecule has 0 bridgehead atoms. The first-order valence-electron chi connectivity index (χ1n) is 7.75. The highest BCUT2D eigenvalue weighted by Crippen LogP contribution is 2.14. The van der Waals surface area contributed by atoms with Gasteiger partial charge < -0.3 is 20.7 Å². The van der Waals surface area contributed by atoms with Gasteiger partial charge in [0.25, 0.3) is 5.91 Å². The van der Waals surface area contributed by atoms with Gasteiger partial charge in [-0.1, -0.05) is 32.0 Å². The van der Waals surface area contributed by atoms with E-state index in [1.165, 1.54) is 0 Å². The Labute approximate surface area is 135 Å². The molecule has 2 rings (SSSR count). The second-order valence-corrected chi connectivity index (χ2v) is 6.03. The fourth-order valence-electron chi connectivity index (χ4n) is 2.48. The third kappa shape index (κ3) is 4.82. The van der Waals surface area contributed by atoms with E-state index in [9.17, 15) is 14.7 Å². The molecule has 0 saturated heterocycles. The molecule has 0 aliphatic rings. The van der Waals surface area contributed by atoms with Crippen LogP contribution in [0.5, 0.6) is 0 Å². The second-order valence-electron chi connectivity index (χ2n) is 6.03. The maximum Gasteiger partial charge on any atom is 0.268 e. The number of aliphatic hydroxyl groups excluding tert-OH is 1. The summed E-state index contributed by atoms with van der Waals surface area (Å²) in [5.41, 5.74) is 1.29. The molecule has 0 aliphatic heterocycles. The van der Waals surface area contributed by atoms with Crippen molar-refractivity contribution in [1.29, 1.82) is 0 Å². The summed E-state index contributed by atoms with van der Waals surface area (Å²) >= 11 is 0. The number of para-hydroxylation sites is 1. The van der Waals surface area contributed by atoms with Crippen molar-refractivity contribution in [1.82, 2.24) is 15.6 Å².